The lowest BCUT2D eigenvalue weighted by atomic mass is 9.76. The van der Waals surface area contributed by atoms with Crippen molar-refractivity contribution >= 4 is 21.6 Å². The van der Waals surface area contributed by atoms with Crippen molar-refractivity contribution in [3.63, 3.8) is 0 Å². The molecule has 1 aromatic carbocycles. The number of alkyl halides is 3. The Morgan fingerprint density at radius 2 is 1.84 bits per heavy atom. The summed E-state index contributed by atoms with van der Waals surface area (Å²) in [5, 5.41) is 0. The number of fused-ring (bicyclic) bond motifs is 1. The van der Waals surface area contributed by atoms with Gasteiger partial charge in [-0.15, -0.1) is 0 Å². The van der Waals surface area contributed by atoms with Crippen molar-refractivity contribution in [3.8, 4) is 11.6 Å². The van der Waals surface area contributed by atoms with Crippen molar-refractivity contribution in [1.82, 2.24) is 9.88 Å². The molecule has 202 valence electrons. The fourth-order valence-corrected chi connectivity index (χ4v) is 5.17. The van der Waals surface area contributed by atoms with Crippen LogP contribution >= 0.6 is 0 Å². The third-order valence-corrected chi connectivity index (χ3v) is 7.35. The Balaban J connectivity index is 1.34. The van der Waals surface area contributed by atoms with Crippen molar-refractivity contribution in [2.45, 2.75) is 42.7 Å². The molecule has 2 saturated heterocycles. The number of ether oxygens (including phenoxy) is 4. The van der Waals surface area contributed by atoms with E-state index in [-0.39, 0.29) is 55.2 Å². The summed E-state index contributed by atoms with van der Waals surface area (Å²) in [5.74, 6) is -2.09. The minimum Gasteiger partial charge on any atom is -0.487 e. The summed E-state index contributed by atoms with van der Waals surface area (Å²) in [4.78, 5) is 19.0. The predicted octanol–water partition coefficient (Wildman–Crippen LogP) is 2.12. The zero-order valence-corrected chi connectivity index (χ0v) is 21.0. The number of carbonyl (C=O) groups excluding carboxylic acids is 1. The van der Waals surface area contributed by atoms with Gasteiger partial charge < -0.3 is 23.8 Å². The molecule has 3 fully saturated rings. The molecule has 38 heavy (non-hydrogen) atoms. The molecule has 0 radical (unpaired) electrons. The van der Waals surface area contributed by atoms with Crippen LogP contribution in [0.5, 0.6) is 11.6 Å². The van der Waals surface area contributed by atoms with Crippen LogP contribution in [0.1, 0.15) is 35.3 Å². The van der Waals surface area contributed by atoms with Crippen LogP contribution < -0.4 is 9.47 Å². The maximum atomic E-state index is 14.1. The number of aromatic nitrogens is 1. The first-order valence-electron chi connectivity index (χ1n) is 12.2. The topological polar surface area (TPSA) is 70.1 Å². The van der Waals surface area contributed by atoms with Gasteiger partial charge >= 0.3 is 6.18 Å². The van der Waals surface area contributed by atoms with Gasteiger partial charge in [0.25, 0.3) is 11.8 Å². The van der Waals surface area contributed by atoms with Crippen LogP contribution in [0.2, 0.25) is 0 Å². The van der Waals surface area contributed by atoms with Crippen LogP contribution in [0.3, 0.4) is 0 Å². The Morgan fingerprint density at radius 3 is 2.45 bits per heavy atom. The SMILES string of the molecule is BC1(B)OC2CN(C(=O)c3ccc(OCC4(C(F)(F)F)CC4)c(OC)n3)CCC2(c2cc(F)cc(F)c2)O1. The molecule has 1 aromatic heterocycles. The zero-order valence-electron chi connectivity index (χ0n) is 21.0. The molecule has 5 rings (SSSR count). The zero-order chi connectivity index (χ0) is 27.5. The van der Waals surface area contributed by atoms with E-state index in [9.17, 15) is 26.7 Å². The molecular weight excluding hydrogens is 513 g/mol. The Hall–Kier alpha value is -2.86. The molecule has 2 atom stereocenters. The lowest BCUT2D eigenvalue weighted by Gasteiger charge is -2.42. The number of piperidine rings is 1. The molecule has 1 saturated carbocycles. The molecule has 0 spiro atoms. The number of likely N-dealkylation sites (tertiary alicyclic amines) is 1. The van der Waals surface area contributed by atoms with Crippen LogP contribution in [-0.4, -0.2) is 76.2 Å². The van der Waals surface area contributed by atoms with E-state index in [4.69, 9.17) is 18.9 Å². The summed E-state index contributed by atoms with van der Waals surface area (Å²) in [7, 11) is 4.65. The summed E-state index contributed by atoms with van der Waals surface area (Å²) >= 11 is 0. The average Bonchev–Trinajstić information content (AvgIpc) is 3.58. The Bertz CT molecular complexity index is 1240. The highest BCUT2D eigenvalue weighted by molar-refractivity contribution is 6.38. The number of amides is 1. The standard InChI is InChI=1S/C24H25B2F5N2O5/c1-35-19-17(36-12-21(4-5-21)23(29,30)31)3-2-16(32-19)20(34)33-7-6-22(13-8-14(27)10-15(28)9-13)18(11-33)37-24(25,26)38-22/h2-3,8-10,18H,4-7,11-12,25-26H2,1H3. The van der Waals surface area contributed by atoms with Gasteiger partial charge in [-0.05, 0) is 42.7 Å². The fourth-order valence-electron chi connectivity index (χ4n) is 5.17. The summed E-state index contributed by atoms with van der Waals surface area (Å²) in [6, 6.07) is 5.89. The van der Waals surface area contributed by atoms with Crippen LogP contribution in [0.25, 0.3) is 0 Å². The third-order valence-electron chi connectivity index (χ3n) is 7.35. The van der Waals surface area contributed by atoms with Crippen molar-refractivity contribution in [2.75, 3.05) is 26.8 Å². The van der Waals surface area contributed by atoms with Gasteiger partial charge in [-0.3, -0.25) is 4.79 Å². The summed E-state index contributed by atoms with van der Waals surface area (Å²) in [5.41, 5.74) is -3.82. The Kier molecular flexibility index (Phi) is 6.41. The number of rotatable bonds is 6. The second kappa shape index (κ2) is 9.11. The molecule has 14 heteroatoms. The minimum atomic E-state index is -4.37. The van der Waals surface area contributed by atoms with Gasteiger partial charge in [0.2, 0.25) is 0 Å². The molecule has 1 aliphatic carbocycles. The highest BCUT2D eigenvalue weighted by Crippen LogP contribution is 2.57. The van der Waals surface area contributed by atoms with E-state index in [0.29, 0.717) is 0 Å². The third kappa shape index (κ3) is 4.72. The number of benzene rings is 1. The quantitative estimate of drug-likeness (QED) is 0.415. The van der Waals surface area contributed by atoms with Crippen LogP contribution in [0.15, 0.2) is 30.3 Å². The van der Waals surface area contributed by atoms with Gasteiger partial charge in [-0.2, -0.15) is 13.2 Å². The molecule has 0 bridgehead atoms. The number of methoxy groups -OCH3 is 1. The van der Waals surface area contributed by atoms with E-state index < -0.39 is 53.0 Å². The Labute approximate surface area is 217 Å². The number of halogens is 5. The van der Waals surface area contributed by atoms with Crippen LogP contribution in [0.4, 0.5) is 22.0 Å². The molecular formula is C24H25B2F5N2O5. The molecule has 3 aliphatic rings. The van der Waals surface area contributed by atoms with Gasteiger partial charge in [-0.25, -0.2) is 13.8 Å². The first-order chi connectivity index (χ1) is 17.8. The maximum absolute atomic E-state index is 14.1. The smallest absolute Gasteiger partial charge is 0.397 e. The largest absolute Gasteiger partial charge is 0.487 e. The van der Waals surface area contributed by atoms with Gasteiger partial charge in [0.05, 0.1) is 19.2 Å². The van der Waals surface area contributed by atoms with Gasteiger partial charge in [0.1, 0.15) is 41.1 Å². The number of hydrogen-bond acceptors (Lipinski definition) is 6. The highest BCUT2D eigenvalue weighted by atomic mass is 19.4. The number of hydrogen-bond donors (Lipinski definition) is 0. The predicted molar refractivity (Wildman–Crippen MR) is 128 cm³/mol. The summed E-state index contributed by atoms with van der Waals surface area (Å²) < 4.78 is 90.6. The van der Waals surface area contributed by atoms with E-state index >= 15 is 0 Å². The van der Waals surface area contributed by atoms with Crippen molar-refractivity contribution in [3.05, 3.63) is 53.2 Å². The molecule has 1 amide bonds. The second-order valence-electron chi connectivity index (χ2n) is 10.4. The normalized spacial score (nSPS) is 25.5. The minimum absolute atomic E-state index is 0.000331. The average molecular weight is 538 g/mol. The van der Waals surface area contributed by atoms with Gasteiger partial charge in [0, 0.05) is 19.0 Å². The molecule has 2 unspecified atom stereocenters. The molecule has 7 nitrogen and oxygen atoms in total. The Morgan fingerprint density at radius 1 is 1.16 bits per heavy atom. The number of nitrogens with zero attached hydrogens (tertiary/aromatic N) is 2. The molecule has 3 heterocycles. The van der Waals surface area contributed by atoms with Crippen molar-refractivity contribution in [2.24, 2.45) is 5.41 Å². The number of carbonyl (C=O) groups is 1. The van der Waals surface area contributed by atoms with Crippen LogP contribution in [0, 0.1) is 17.0 Å². The van der Waals surface area contributed by atoms with Gasteiger partial charge in [0.15, 0.2) is 21.4 Å². The lowest BCUT2D eigenvalue weighted by molar-refractivity contribution is -0.194. The van der Waals surface area contributed by atoms with Crippen LogP contribution in [-0.2, 0) is 15.1 Å². The van der Waals surface area contributed by atoms with Crippen molar-refractivity contribution in [1.29, 1.82) is 0 Å². The highest BCUT2D eigenvalue weighted by Gasteiger charge is 2.64. The van der Waals surface area contributed by atoms with E-state index in [2.05, 4.69) is 4.98 Å². The fraction of sp³-hybridized carbons (Fsp3) is 0.500. The van der Waals surface area contributed by atoms with Crippen molar-refractivity contribution < 1.29 is 45.7 Å². The number of pyridine rings is 1. The van der Waals surface area contributed by atoms with E-state index in [1.807, 2.05) is 0 Å². The molecule has 2 aliphatic heterocycles. The van der Waals surface area contributed by atoms with E-state index in [1.165, 1.54) is 36.3 Å². The first kappa shape index (κ1) is 26.7. The first-order valence-corrected chi connectivity index (χ1v) is 12.2. The monoisotopic (exact) mass is 538 g/mol. The van der Waals surface area contributed by atoms with E-state index in [1.54, 1.807) is 15.7 Å². The van der Waals surface area contributed by atoms with E-state index in [0.717, 1.165) is 6.07 Å². The second-order valence-corrected chi connectivity index (χ2v) is 10.4. The maximum Gasteiger partial charge on any atom is 0.397 e. The molecule has 0 N–H and O–H groups in total. The molecule has 2 aromatic rings. The van der Waals surface area contributed by atoms with Gasteiger partial charge in [-0.1, -0.05) is 0 Å². The lowest BCUT2D eigenvalue weighted by Crippen LogP contribution is -2.53. The summed E-state index contributed by atoms with van der Waals surface area (Å²) in [6.45, 7) is -0.342. The summed E-state index contributed by atoms with van der Waals surface area (Å²) in [6.07, 6.45) is -4.91.